The summed E-state index contributed by atoms with van der Waals surface area (Å²) in [6.07, 6.45) is 1.79. The van der Waals surface area contributed by atoms with E-state index >= 15 is 0 Å². The maximum absolute atomic E-state index is 11.2. The third-order valence-corrected chi connectivity index (χ3v) is 4.11. The quantitative estimate of drug-likeness (QED) is 0.535. The van der Waals surface area contributed by atoms with E-state index in [1.807, 2.05) is 0 Å². The van der Waals surface area contributed by atoms with Crippen LogP contribution in [0.2, 0.25) is 0 Å². The van der Waals surface area contributed by atoms with Crippen LogP contribution in [0.3, 0.4) is 0 Å². The van der Waals surface area contributed by atoms with Crippen molar-refractivity contribution in [3.05, 3.63) is 29.8 Å². The molecule has 0 amide bonds. The normalized spacial score (nSPS) is 13.8. The molecule has 0 aliphatic heterocycles. The van der Waals surface area contributed by atoms with Crippen molar-refractivity contribution in [2.45, 2.75) is 37.6 Å². The van der Waals surface area contributed by atoms with Crippen molar-refractivity contribution in [3.63, 3.8) is 0 Å². The standard InChI is InChI=1S/C14H24N4O2S/c1-4-11(2)18-14(16-3)17-10-9-12-5-7-13(8-6-12)21(15,19)20/h5-8,11H,4,9-10H2,1-3H3,(H2,15,19,20)(H2,16,17,18). The smallest absolute Gasteiger partial charge is 0.238 e. The molecular formula is C14H24N4O2S. The second-order valence-corrected chi connectivity index (χ2v) is 6.45. The van der Waals surface area contributed by atoms with Gasteiger partial charge in [-0.3, -0.25) is 4.99 Å². The first kappa shape index (κ1) is 17.5. The van der Waals surface area contributed by atoms with Crippen LogP contribution in [0.4, 0.5) is 0 Å². The molecule has 0 saturated heterocycles. The van der Waals surface area contributed by atoms with Crippen molar-refractivity contribution < 1.29 is 8.42 Å². The monoisotopic (exact) mass is 312 g/mol. The number of nitrogens with one attached hydrogen (secondary N) is 2. The van der Waals surface area contributed by atoms with Crippen LogP contribution in [0.5, 0.6) is 0 Å². The number of hydrogen-bond acceptors (Lipinski definition) is 3. The van der Waals surface area contributed by atoms with Gasteiger partial charge in [0.05, 0.1) is 4.90 Å². The van der Waals surface area contributed by atoms with Crippen molar-refractivity contribution in [2.24, 2.45) is 10.1 Å². The summed E-state index contributed by atoms with van der Waals surface area (Å²) in [5.74, 6) is 0.769. The number of aliphatic imine (C=N–C) groups is 1. The fourth-order valence-electron chi connectivity index (χ4n) is 1.70. The van der Waals surface area contributed by atoms with Gasteiger partial charge in [-0.1, -0.05) is 19.1 Å². The fourth-order valence-corrected chi connectivity index (χ4v) is 2.22. The Balaban J connectivity index is 2.49. The van der Waals surface area contributed by atoms with E-state index in [1.165, 1.54) is 12.1 Å². The minimum atomic E-state index is -3.62. The van der Waals surface area contributed by atoms with Gasteiger partial charge in [0.1, 0.15) is 0 Å². The minimum Gasteiger partial charge on any atom is -0.356 e. The molecule has 1 aromatic carbocycles. The summed E-state index contributed by atoms with van der Waals surface area (Å²) in [6, 6.07) is 6.96. The van der Waals surface area contributed by atoms with Gasteiger partial charge in [0, 0.05) is 19.6 Å². The van der Waals surface area contributed by atoms with Crippen molar-refractivity contribution in [2.75, 3.05) is 13.6 Å². The number of nitrogens with two attached hydrogens (primary N) is 1. The lowest BCUT2D eigenvalue weighted by Gasteiger charge is -2.16. The lowest BCUT2D eigenvalue weighted by molar-refractivity contribution is 0.598. The zero-order chi connectivity index (χ0) is 15.9. The third-order valence-electron chi connectivity index (χ3n) is 3.18. The molecule has 0 spiro atoms. The number of rotatable bonds is 6. The van der Waals surface area contributed by atoms with E-state index in [4.69, 9.17) is 5.14 Å². The summed E-state index contributed by atoms with van der Waals surface area (Å²) in [6.45, 7) is 4.92. The Morgan fingerprint density at radius 1 is 1.33 bits per heavy atom. The summed E-state index contributed by atoms with van der Waals surface area (Å²) in [5, 5.41) is 11.6. The molecular weight excluding hydrogens is 288 g/mol. The molecule has 0 saturated carbocycles. The summed E-state index contributed by atoms with van der Waals surface area (Å²) in [7, 11) is -1.88. The first-order chi connectivity index (χ1) is 9.86. The molecule has 0 radical (unpaired) electrons. The molecule has 0 fully saturated rings. The van der Waals surface area contributed by atoms with E-state index in [0.29, 0.717) is 12.6 Å². The van der Waals surface area contributed by atoms with Crippen LogP contribution < -0.4 is 15.8 Å². The Bertz CT molecular complexity index is 567. The number of primary sulfonamides is 1. The van der Waals surface area contributed by atoms with E-state index < -0.39 is 10.0 Å². The molecule has 0 bridgehead atoms. The van der Waals surface area contributed by atoms with Crippen molar-refractivity contribution in [1.29, 1.82) is 0 Å². The largest absolute Gasteiger partial charge is 0.356 e. The molecule has 0 aromatic heterocycles. The molecule has 0 heterocycles. The van der Waals surface area contributed by atoms with Gasteiger partial charge in [-0.05, 0) is 37.5 Å². The zero-order valence-electron chi connectivity index (χ0n) is 12.8. The Morgan fingerprint density at radius 2 is 1.95 bits per heavy atom. The van der Waals surface area contributed by atoms with E-state index in [9.17, 15) is 8.42 Å². The van der Waals surface area contributed by atoms with Gasteiger partial charge in [0.2, 0.25) is 10.0 Å². The second-order valence-electron chi connectivity index (χ2n) is 4.89. The van der Waals surface area contributed by atoms with Crippen molar-refractivity contribution in [1.82, 2.24) is 10.6 Å². The first-order valence-corrected chi connectivity index (χ1v) is 8.50. The Labute approximate surface area is 126 Å². The molecule has 21 heavy (non-hydrogen) atoms. The summed E-state index contributed by atoms with van der Waals surface area (Å²) >= 11 is 0. The molecule has 0 aliphatic rings. The van der Waals surface area contributed by atoms with Crippen LogP contribution >= 0.6 is 0 Å². The highest BCUT2D eigenvalue weighted by molar-refractivity contribution is 7.89. The van der Waals surface area contributed by atoms with Crippen LogP contribution in [0.25, 0.3) is 0 Å². The van der Waals surface area contributed by atoms with Gasteiger partial charge in [-0.25, -0.2) is 13.6 Å². The van der Waals surface area contributed by atoms with E-state index in [0.717, 1.165) is 24.4 Å². The number of hydrogen-bond donors (Lipinski definition) is 3. The van der Waals surface area contributed by atoms with Crippen LogP contribution in [0.1, 0.15) is 25.8 Å². The highest BCUT2D eigenvalue weighted by Gasteiger charge is 2.07. The van der Waals surface area contributed by atoms with E-state index in [2.05, 4.69) is 29.5 Å². The van der Waals surface area contributed by atoms with Crippen molar-refractivity contribution >= 4 is 16.0 Å². The van der Waals surface area contributed by atoms with E-state index in [-0.39, 0.29) is 4.90 Å². The molecule has 118 valence electrons. The molecule has 7 heteroatoms. The molecule has 4 N–H and O–H groups in total. The Kier molecular flexibility index (Phi) is 6.64. The Hall–Kier alpha value is -1.60. The number of nitrogens with zero attached hydrogens (tertiary/aromatic N) is 1. The highest BCUT2D eigenvalue weighted by atomic mass is 32.2. The van der Waals surface area contributed by atoms with Crippen LogP contribution in [-0.4, -0.2) is 34.0 Å². The number of guanidine groups is 1. The maximum atomic E-state index is 11.2. The summed E-state index contributed by atoms with van der Waals surface area (Å²) in [4.78, 5) is 4.28. The first-order valence-electron chi connectivity index (χ1n) is 6.95. The topological polar surface area (TPSA) is 96.6 Å². The second kappa shape index (κ2) is 7.99. The van der Waals surface area contributed by atoms with Gasteiger partial charge in [0.25, 0.3) is 0 Å². The van der Waals surface area contributed by atoms with Gasteiger partial charge >= 0.3 is 0 Å². The molecule has 1 aromatic rings. The lowest BCUT2D eigenvalue weighted by atomic mass is 10.1. The number of sulfonamides is 1. The fraction of sp³-hybridized carbons (Fsp3) is 0.500. The maximum Gasteiger partial charge on any atom is 0.238 e. The zero-order valence-corrected chi connectivity index (χ0v) is 13.6. The van der Waals surface area contributed by atoms with Gasteiger partial charge < -0.3 is 10.6 Å². The lowest BCUT2D eigenvalue weighted by Crippen LogP contribution is -2.42. The van der Waals surface area contributed by atoms with Crippen molar-refractivity contribution in [3.8, 4) is 0 Å². The van der Waals surface area contributed by atoms with Crippen LogP contribution in [0, 0.1) is 0 Å². The van der Waals surface area contributed by atoms with Crippen LogP contribution in [-0.2, 0) is 16.4 Å². The molecule has 6 nitrogen and oxygen atoms in total. The van der Waals surface area contributed by atoms with Gasteiger partial charge in [-0.2, -0.15) is 0 Å². The molecule has 1 atom stereocenters. The third kappa shape index (κ3) is 6.14. The predicted molar refractivity (Wildman–Crippen MR) is 85.8 cm³/mol. The highest BCUT2D eigenvalue weighted by Crippen LogP contribution is 2.08. The molecule has 1 unspecified atom stereocenters. The number of benzene rings is 1. The molecule has 0 aliphatic carbocycles. The van der Waals surface area contributed by atoms with Gasteiger partial charge in [0.15, 0.2) is 5.96 Å². The average molecular weight is 312 g/mol. The van der Waals surface area contributed by atoms with Crippen LogP contribution in [0.15, 0.2) is 34.2 Å². The average Bonchev–Trinajstić information content (AvgIpc) is 2.45. The summed E-state index contributed by atoms with van der Waals surface area (Å²) < 4.78 is 22.3. The minimum absolute atomic E-state index is 0.133. The van der Waals surface area contributed by atoms with E-state index in [1.54, 1.807) is 19.2 Å². The summed E-state index contributed by atoms with van der Waals surface area (Å²) in [5.41, 5.74) is 1.04. The Morgan fingerprint density at radius 3 is 2.43 bits per heavy atom. The molecule has 1 rings (SSSR count). The predicted octanol–water partition coefficient (Wildman–Crippen LogP) is 0.840. The SMILES string of the molecule is CCC(C)NC(=NC)NCCc1ccc(S(N)(=O)=O)cc1. The van der Waals surface area contributed by atoms with Gasteiger partial charge in [-0.15, -0.1) is 0 Å².